The number of sulfonamides is 1. The average molecular weight is 313 g/mol. The van der Waals surface area contributed by atoms with Gasteiger partial charge in [-0.15, -0.1) is 0 Å². The quantitative estimate of drug-likeness (QED) is 0.666. The highest BCUT2D eigenvalue weighted by molar-refractivity contribution is 7.89. The second kappa shape index (κ2) is 7.31. The fourth-order valence-corrected chi connectivity index (χ4v) is 2.71. The zero-order valence-corrected chi connectivity index (χ0v) is 13.3. The predicted octanol–water partition coefficient (Wildman–Crippen LogP) is 1.04. The normalized spacial score (nSPS) is 15.6. The number of nitrogens with zero attached hydrogens (tertiary/aromatic N) is 1. The maximum absolute atomic E-state index is 12.0. The van der Waals surface area contributed by atoms with Crippen LogP contribution >= 0.6 is 0 Å². The third-order valence-electron chi connectivity index (χ3n) is 3.09. The minimum Gasteiger partial charge on any atom is -0.377 e. The molecule has 1 aromatic rings. The summed E-state index contributed by atoms with van der Waals surface area (Å²) in [5.41, 5.74) is 0.990. The Kier molecular flexibility index (Phi) is 5.69. The monoisotopic (exact) mass is 313 g/mol. The van der Waals surface area contributed by atoms with E-state index >= 15 is 0 Å². The molecule has 0 unspecified atom stereocenters. The van der Waals surface area contributed by atoms with Gasteiger partial charge < -0.3 is 10.1 Å². The van der Waals surface area contributed by atoms with Crippen LogP contribution in [0.1, 0.15) is 32.3 Å². The first-order chi connectivity index (χ1) is 9.97. The molecule has 0 spiro atoms. The Labute approximate surface area is 126 Å². The van der Waals surface area contributed by atoms with Crippen LogP contribution in [0.15, 0.2) is 23.4 Å². The van der Waals surface area contributed by atoms with E-state index in [-0.39, 0.29) is 17.7 Å². The molecule has 1 saturated carbocycles. The Hall–Kier alpha value is -1.02. The topological polar surface area (TPSA) is 80.3 Å². The van der Waals surface area contributed by atoms with Crippen molar-refractivity contribution in [2.45, 2.75) is 50.4 Å². The van der Waals surface area contributed by atoms with Gasteiger partial charge in [-0.1, -0.05) is 6.07 Å². The summed E-state index contributed by atoms with van der Waals surface area (Å²) in [5.74, 6) is 0. The molecule has 118 valence electrons. The lowest BCUT2D eigenvalue weighted by molar-refractivity contribution is 0.0834. The summed E-state index contributed by atoms with van der Waals surface area (Å²) in [4.78, 5) is 4.03. The Balaban J connectivity index is 1.83. The van der Waals surface area contributed by atoms with Crippen LogP contribution < -0.4 is 10.0 Å². The molecule has 7 heteroatoms. The van der Waals surface area contributed by atoms with E-state index in [2.05, 4.69) is 15.0 Å². The van der Waals surface area contributed by atoms with E-state index in [1.54, 1.807) is 12.3 Å². The third-order valence-corrected chi connectivity index (χ3v) is 4.47. The fourth-order valence-electron chi connectivity index (χ4n) is 1.77. The zero-order chi connectivity index (χ0) is 15.3. The molecule has 2 N–H and O–H groups in total. The summed E-state index contributed by atoms with van der Waals surface area (Å²) in [6, 6.07) is 3.95. The zero-order valence-electron chi connectivity index (χ0n) is 12.5. The van der Waals surface area contributed by atoms with Crippen LogP contribution in [0.25, 0.3) is 0 Å². The third kappa shape index (κ3) is 5.70. The van der Waals surface area contributed by atoms with E-state index in [4.69, 9.17) is 4.74 Å². The molecule has 0 amide bonds. The molecule has 1 aromatic heterocycles. The van der Waals surface area contributed by atoms with E-state index in [0.717, 1.165) is 12.1 Å². The highest BCUT2D eigenvalue weighted by Gasteiger charge is 2.20. The van der Waals surface area contributed by atoms with Crippen LogP contribution in [0.2, 0.25) is 0 Å². The maximum Gasteiger partial charge on any atom is 0.258 e. The van der Waals surface area contributed by atoms with Crippen LogP contribution in [0.3, 0.4) is 0 Å². The average Bonchev–Trinajstić information content (AvgIpc) is 3.26. The van der Waals surface area contributed by atoms with Gasteiger partial charge in [-0.05, 0) is 38.3 Å². The van der Waals surface area contributed by atoms with Crippen molar-refractivity contribution in [2.75, 3.05) is 13.2 Å². The van der Waals surface area contributed by atoms with Gasteiger partial charge in [-0.25, -0.2) is 18.1 Å². The summed E-state index contributed by atoms with van der Waals surface area (Å²) >= 11 is 0. The lowest BCUT2D eigenvalue weighted by Crippen LogP contribution is -2.29. The molecule has 1 fully saturated rings. The second-order valence-corrected chi connectivity index (χ2v) is 7.19. The Morgan fingerprint density at radius 2 is 2.14 bits per heavy atom. The SMILES string of the molecule is CC(C)OCCNS(=O)(=O)c1ccc(CNC2CC2)cn1. The molecular formula is C14H23N3O3S. The molecule has 21 heavy (non-hydrogen) atoms. The number of aromatic nitrogens is 1. The largest absolute Gasteiger partial charge is 0.377 e. The highest BCUT2D eigenvalue weighted by atomic mass is 32.2. The van der Waals surface area contributed by atoms with Gasteiger partial charge in [0.2, 0.25) is 0 Å². The van der Waals surface area contributed by atoms with Gasteiger partial charge in [0, 0.05) is 25.3 Å². The smallest absolute Gasteiger partial charge is 0.258 e. The molecule has 0 bridgehead atoms. The molecule has 1 heterocycles. The van der Waals surface area contributed by atoms with Crippen molar-refractivity contribution in [3.05, 3.63) is 23.9 Å². The molecule has 2 rings (SSSR count). The Morgan fingerprint density at radius 1 is 1.38 bits per heavy atom. The molecule has 0 radical (unpaired) electrons. The van der Waals surface area contributed by atoms with Crippen molar-refractivity contribution in [1.82, 2.24) is 15.0 Å². The van der Waals surface area contributed by atoms with Crippen LogP contribution in [-0.4, -0.2) is 38.7 Å². The van der Waals surface area contributed by atoms with Gasteiger partial charge in [0.1, 0.15) is 0 Å². The van der Waals surface area contributed by atoms with E-state index in [1.165, 1.54) is 18.9 Å². The first kappa shape index (κ1) is 16.4. The van der Waals surface area contributed by atoms with Crippen molar-refractivity contribution < 1.29 is 13.2 Å². The predicted molar refractivity (Wildman–Crippen MR) is 80.4 cm³/mol. The van der Waals surface area contributed by atoms with Crippen molar-refractivity contribution in [3.8, 4) is 0 Å². The Bertz CT molecular complexity index is 539. The van der Waals surface area contributed by atoms with Crippen molar-refractivity contribution >= 4 is 10.0 Å². The summed E-state index contributed by atoms with van der Waals surface area (Å²) in [5, 5.41) is 3.41. The van der Waals surface area contributed by atoms with Gasteiger partial charge in [0.15, 0.2) is 5.03 Å². The maximum atomic E-state index is 12.0. The summed E-state index contributed by atoms with van der Waals surface area (Å²) < 4.78 is 31.8. The van der Waals surface area contributed by atoms with E-state index in [0.29, 0.717) is 12.6 Å². The summed E-state index contributed by atoms with van der Waals surface area (Å²) in [6.45, 7) is 5.13. The first-order valence-corrected chi connectivity index (χ1v) is 8.75. The minimum atomic E-state index is -3.56. The van der Waals surface area contributed by atoms with Gasteiger partial charge in [-0.2, -0.15) is 0 Å². The molecule has 1 aliphatic rings. The lowest BCUT2D eigenvalue weighted by atomic mass is 10.3. The molecule has 0 saturated heterocycles. The number of nitrogens with one attached hydrogen (secondary N) is 2. The van der Waals surface area contributed by atoms with Crippen LogP contribution in [0, 0.1) is 0 Å². The number of hydrogen-bond donors (Lipinski definition) is 2. The van der Waals surface area contributed by atoms with Gasteiger partial charge in [-0.3, -0.25) is 0 Å². The molecule has 0 atom stereocenters. The molecule has 6 nitrogen and oxygen atoms in total. The Morgan fingerprint density at radius 3 is 2.71 bits per heavy atom. The molecule has 1 aliphatic carbocycles. The minimum absolute atomic E-state index is 0.0437. The van der Waals surface area contributed by atoms with Gasteiger partial charge in [0.25, 0.3) is 10.0 Å². The van der Waals surface area contributed by atoms with E-state index in [9.17, 15) is 8.42 Å². The van der Waals surface area contributed by atoms with Gasteiger partial charge >= 0.3 is 0 Å². The number of hydrogen-bond acceptors (Lipinski definition) is 5. The molecule has 0 aromatic carbocycles. The molecular weight excluding hydrogens is 290 g/mol. The second-order valence-electron chi connectivity index (χ2n) is 5.48. The summed E-state index contributed by atoms with van der Waals surface area (Å²) in [6.07, 6.45) is 4.14. The number of pyridine rings is 1. The fraction of sp³-hybridized carbons (Fsp3) is 0.643. The highest BCUT2D eigenvalue weighted by Crippen LogP contribution is 2.19. The first-order valence-electron chi connectivity index (χ1n) is 7.27. The van der Waals surface area contributed by atoms with E-state index in [1.807, 2.05) is 13.8 Å². The summed E-state index contributed by atoms with van der Waals surface area (Å²) in [7, 11) is -3.56. The molecule has 0 aliphatic heterocycles. The standard InChI is InChI=1S/C14H23N3O3S/c1-11(2)20-8-7-17-21(18,19)14-6-3-12(10-16-14)9-15-13-4-5-13/h3,6,10-11,13,15,17H,4-5,7-9H2,1-2H3. The van der Waals surface area contributed by atoms with Crippen molar-refractivity contribution in [3.63, 3.8) is 0 Å². The number of ether oxygens (including phenoxy) is 1. The van der Waals surface area contributed by atoms with Crippen LogP contribution in [0.5, 0.6) is 0 Å². The van der Waals surface area contributed by atoms with E-state index < -0.39 is 10.0 Å². The van der Waals surface area contributed by atoms with Crippen molar-refractivity contribution in [1.29, 1.82) is 0 Å². The van der Waals surface area contributed by atoms with Crippen LogP contribution in [-0.2, 0) is 21.3 Å². The van der Waals surface area contributed by atoms with Crippen molar-refractivity contribution in [2.24, 2.45) is 0 Å². The van der Waals surface area contributed by atoms with Gasteiger partial charge in [0.05, 0.1) is 12.7 Å². The van der Waals surface area contributed by atoms with Crippen LogP contribution in [0.4, 0.5) is 0 Å². The lowest BCUT2D eigenvalue weighted by Gasteiger charge is -2.09. The number of rotatable bonds is 9.